The van der Waals surface area contributed by atoms with Gasteiger partial charge in [-0.3, -0.25) is 14.9 Å². The van der Waals surface area contributed by atoms with E-state index in [-0.39, 0.29) is 0 Å². The Morgan fingerprint density at radius 3 is 2.39 bits per heavy atom. The van der Waals surface area contributed by atoms with Gasteiger partial charge in [0, 0.05) is 25.5 Å². The predicted molar refractivity (Wildman–Crippen MR) is 95.1 cm³/mol. The van der Waals surface area contributed by atoms with Crippen LogP contribution in [-0.4, -0.2) is 28.0 Å². The van der Waals surface area contributed by atoms with Gasteiger partial charge in [-0.2, -0.15) is 0 Å². The third kappa shape index (κ3) is 5.41. The van der Waals surface area contributed by atoms with Gasteiger partial charge in [0.05, 0.1) is 11.4 Å². The summed E-state index contributed by atoms with van der Waals surface area (Å²) in [6.45, 7) is 9.81. The smallest absolute Gasteiger partial charge is 0.0573 e. The standard InChI is InChI=1S/C19H28N4/c1-15-11-17(3)19(22-12-15)14-23(10-5-4-8-20)13-18-16(2)7-6-9-21-18/h6-7,9,11-12H,4-5,8,10,13-14,20H2,1-3H3. The minimum atomic E-state index is 0.748. The number of rotatable bonds is 8. The highest BCUT2D eigenvalue weighted by atomic mass is 15.1. The molecule has 0 saturated heterocycles. The molecule has 2 heterocycles. The zero-order valence-corrected chi connectivity index (χ0v) is 14.5. The Bertz CT molecular complexity index is 625. The minimum Gasteiger partial charge on any atom is -0.330 e. The van der Waals surface area contributed by atoms with Gasteiger partial charge in [0.1, 0.15) is 0 Å². The fourth-order valence-electron chi connectivity index (χ4n) is 2.71. The van der Waals surface area contributed by atoms with Crippen molar-refractivity contribution in [3.63, 3.8) is 0 Å². The Kier molecular flexibility index (Phi) is 6.68. The van der Waals surface area contributed by atoms with E-state index in [1.165, 1.54) is 16.7 Å². The first-order valence-electron chi connectivity index (χ1n) is 8.35. The van der Waals surface area contributed by atoms with E-state index in [9.17, 15) is 0 Å². The van der Waals surface area contributed by atoms with Crippen LogP contribution in [0, 0.1) is 20.8 Å². The van der Waals surface area contributed by atoms with Crippen molar-refractivity contribution in [1.82, 2.24) is 14.9 Å². The Hall–Kier alpha value is -1.78. The highest BCUT2D eigenvalue weighted by Gasteiger charge is 2.12. The molecule has 0 spiro atoms. The van der Waals surface area contributed by atoms with E-state index in [1.54, 1.807) is 0 Å². The third-order valence-corrected chi connectivity index (χ3v) is 4.12. The summed E-state index contributed by atoms with van der Waals surface area (Å²) < 4.78 is 0. The first kappa shape index (κ1) is 17.6. The molecule has 0 unspecified atom stereocenters. The van der Waals surface area contributed by atoms with Crippen molar-refractivity contribution in [2.45, 2.75) is 46.7 Å². The summed E-state index contributed by atoms with van der Waals surface area (Å²) in [5.74, 6) is 0. The molecule has 0 radical (unpaired) electrons. The molecule has 2 rings (SSSR count). The van der Waals surface area contributed by atoms with Crippen LogP contribution in [-0.2, 0) is 13.1 Å². The summed E-state index contributed by atoms with van der Waals surface area (Å²) in [5.41, 5.74) is 11.6. The molecule has 0 amide bonds. The average Bonchev–Trinajstić information content (AvgIpc) is 2.52. The van der Waals surface area contributed by atoms with Crippen molar-refractivity contribution < 1.29 is 0 Å². The van der Waals surface area contributed by atoms with Gasteiger partial charge in [-0.15, -0.1) is 0 Å². The molecular formula is C19H28N4. The first-order valence-corrected chi connectivity index (χ1v) is 8.35. The van der Waals surface area contributed by atoms with Crippen LogP contribution in [0.4, 0.5) is 0 Å². The van der Waals surface area contributed by atoms with Crippen LogP contribution in [0.25, 0.3) is 0 Å². The van der Waals surface area contributed by atoms with Crippen LogP contribution >= 0.6 is 0 Å². The van der Waals surface area contributed by atoms with E-state index in [0.717, 1.165) is 50.4 Å². The number of nitrogens with zero attached hydrogens (tertiary/aromatic N) is 3. The molecular weight excluding hydrogens is 284 g/mol. The molecule has 124 valence electrons. The number of unbranched alkanes of at least 4 members (excludes halogenated alkanes) is 1. The Balaban J connectivity index is 2.11. The van der Waals surface area contributed by atoms with E-state index in [0.29, 0.717) is 0 Å². The molecule has 0 saturated carbocycles. The van der Waals surface area contributed by atoms with Gasteiger partial charge in [0.2, 0.25) is 0 Å². The van der Waals surface area contributed by atoms with Gasteiger partial charge in [0.15, 0.2) is 0 Å². The van der Waals surface area contributed by atoms with Crippen LogP contribution in [0.2, 0.25) is 0 Å². The number of aromatic nitrogens is 2. The Morgan fingerprint density at radius 2 is 1.74 bits per heavy atom. The molecule has 4 heteroatoms. The Labute approximate surface area is 139 Å². The van der Waals surface area contributed by atoms with Gasteiger partial charge in [-0.1, -0.05) is 12.1 Å². The molecule has 0 aliphatic carbocycles. The average molecular weight is 312 g/mol. The highest BCUT2D eigenvalue weighted by molar-refractivity contribution is 5.23. The van der Waals surface area contributed by atoms with Crippen LogP contribution in [0.15, 0.2) is 30.6 Å². The van der Waals surface area contributed by atoms with Crippen LogP contribution in [0.1, 0.15) is 40.9 Å². The lowest BCUT2D eigenvalue weighted by Gasteiger charge is -2.23. The van der Waals surface area contributed by atoms with E-state index in [1.807, 2.05) is 18.5 Å². The molecule has 23 heavy (non-hydrogen) atoms. The molecule has 0 bridgehead atoms. The summed E-state index contributed by atoms with van der Waals surface area (Å²) in [7, 11) is 0. The minimum absolute atomic E-state index is 0.748. The molecule has 2 aromatic heterocycles. The maximum Gasteiger partial charge on any atom is 0.0573 e. The zero-order chi connectivity index (χ0) is 16.7. The van der Waals surface area contributed by atoms with Crippen molar-refractivity contribution in [3.05, 3.63) is 58.7 Å². The number of nitrogens with two attached hydrogens (primary N) is 1. The second-order valence-electron chi connectivity index (χ2n) is 6.25. The summed E-state index contributed by atoms with van der Waals surface area (Å²) in [5, 5.41) is 0. The largest absolute Gasteiger partial charge is 0.330 e. The normalized spacial score (nSPS) is 11.2. The zero-order valence-electron chi connectivity index (χ0n) is 14.5. The summed E-state index contributed by atoms with van der Waals surface area (Å²) in [4.78, 5) is 11.6. The fourth-order valence-corrected chi connectivity index (χ4v) is 2.71. The summed E-state index contributed by atoms with van der Waals surface area (Å²) >= 11 is 0. The number of hydrogen-bond acceptors (Lipinski definition) is 4. The second kappa shape index (κ2) is 8.75. The quantitative estimate of drug-likeness (QED) is 0.761. The van der Waals surface area contributed by atoms with E-state index in [4.69, 9.17) is 5.73 Å². The molecule has 0 aliphatic rings. The maximum absolute atomic E-state index is 5.64. The third-order valence-electron chi connectivity index (χ3n) is 4.12. The molecule has 0 aromatic carbocycles. The van der Waals surface area contributed by atoms with Crippen molar-refractivity contribution in [2.24, 2.45) is 5.73 Å². The second-order valence-corrected chi connectivity index (χ2v) is 6.25. The SMILES string of the molecule is Cc1cnc(CN(CCCCN)Cc2ncccc2C)c(C)c1. The van der Waals surface area contributed by atoms with Gasteiger partial charge in [0.25, 0.3) is 0 Å². The predicted octanol–water partition coefficient (Wildman–Crippen LogP) is 3.14. The number of aryl methyl sites for hydroxylation is 3. The van der Waals surface area contributed by atoms with Gasteiger partial charge >= 0.3 is 0 Å². The lowest BCUT2D eigenvalue weighted by atomic mass is 10.1. The molecule has 0 aliphatic heterocycles. The first-order chi connectivity index (χ1) is 11.1. The lowest BCUT2D eigenvalue weighted by Crippen LogP contribution is -2.26. The Morgan fingerprint density at radius 1 is 1.00 bits per heavy atom. The van der Waals surface area contributed by atoms with Crippen LogP contribution < -0.4 is 5.73 Å². The van der Waals surface area contributed by atoms with E-state index >= 15 is 0 Å². The molecule has 4 nitrogen and oxygen atoms in total. The van der Waals surface area contributed by atoms with Gasteiger partial charge < -0.3 is 5.73 Å². The molecule has 0 fully saturated rings. The summed E-state index contributed by atoms with van der Waals surface area (Å²) in [6.07, 6.45) is 5.98. The maximum atomic E-state index is 5.64. The summed E-state index contributed by atoms with van der Waals surface area (Å²) in [6, 6.07) is 6.31. The van der Waals surface area contributed by atoms with Crippen molar-refractivity contribution in [2.75, 3.05) is 13.1 Å². The number of hydrogen-bond donors (Lipinski definition) is 1. The molecule has 2 aromatic rings. The molecule has 0 atom stereocenters. The van der Waals surface area contributed by atoms with E-state index in [2.05, 4.69) is 47.8 Å². The van der Waals surface area contributed by atoms with Crippen LogP contribution in [0.3, 0.4) is 0 Å². The van der Waals surface area contributed by atoms with Crippen molar-refractivity contribution in [1.29, 1.82) is 0 Å². The molecule has 2 N–H and O–H groups in total. The monoisotopic (exact) mass is 312 g/mol. The van der Waals surface area contributed by atoms with Crippen LogP contribution in [0.5, 0.6) is 0 Å². The topological polar surface area (TPSA) is 55.0 Å². The highest BCUT2D eigenvalue weighted by Crippen LogP contribution is 2.14. The van der Waals surface area contributed by atoms with Gasteiger partial charge in [-0.25, -0.2) is 0 Å². The number of pyridine rings is 2. The van der Waals surface area contributed by atoms with Crippen molar-refractivity contribution in [3.8, 4) is 0 Å². The van der Waals surface area contributed by atoms with Crippen molar-refractivity contribution >= 4 is 0 Å². The fraction of sp³-hybridized carbons (Fsp3) is 0.474. The van der Waals surface area contributed by atoms with E-state index < -0.39 is 0 Å². The lowest BCUT2D eigenvalue weighted by molar-refractivity contribution is 0.245. The van der Waals surface area contributed by atoms with Gasteiger partial charge in [-0.05, 0) is 69.5 Å².